The molecule has 1 aromatic rings. The number of Topliss-reactive ketones (excluding diaryl/α,β-unsaturated/α-hetero) is 1. The number of hydrogen-bond acceptors (Lipinski definition) is 1. The predicted molar refractivity (Wildman–Crippen MR) is 71.3 cm³/mol. The highest BCUT2D eigenvalue weighted by Gasteiger charge is 2.16. The lowest BCUT2D eigenvalue weighted by molar-refractivity contribution is -0.118. The summed E-state index contributed by atoms with van der Waals surface area (Å²) in [5, 5.41) is 0.370. The molecule has 1 aromatic carbocycles. The van der Waals surface area contributed by atoms with E-state index in [1.54, 1.807) is 12.1 Å². The van der Waals surface area contributed by atoms with E-state index in [9.17, 15) is 9.18 Å². The first kappa shape index (κ1) is 13.5. The summed E-state index contributed by atoms with van der Waals surface area (Å²) in [6.45, 7) is 0. The van der Waals surface area contributed by atoms with Gasteiger partial charge in [0, 0.05) is 17.9 Å². The fourth-order valence-electron chi connectivity index (χ4n) is 2.63. The van der Waals surface area contributed by atoms with E-state index in [0.29, 0.717) is 22.9 Å². The Balaban J connectivity index is 1.82. The largest absolute Gasteiger partial charge is 0.299 e. The molecule has 98 valence electrons. The van der Waals surface area contributed by atoms with Crippen LogP contribution in [-0.4, -0.2) is 5.78 Å². The number of carbonyl (C=O) groups is 1. The maximum Gasteiger partial charge on any atom is 0.137 e. The summed E-state index contributed by atoms with van der Waals surface area (Å²) in [7, 11) is 0. The van der Waals surface area contributed by atoms with Crippen molar-refractivity contribution in [1.29, 1.82) is 0 Å². The standard InChI is InChI=1S/C15H18ClFO/c16-13-7-6-12(15(17)10-13)9-14(18)8-5-11-3-1-2-4-11/h6-7,10-11H,1-5,8-9H2. The van der Waals surface area contributed by atoms with Crippen LogP contribution in [0.5, 0.6) is 0 Å². The SMILES string of the molecule is O=C(CCC1CCCC1)Cc1ccc(Cl)cc1F. The smallest absolute Gasteiger partial charge is 0.137 e. The zero-order valence-corrected chi connectivity index (χ0v) is 11.2. The maximum atomic E-state index is 13.5. The number of ketones is 1. The number of carbonyl (C=O) groups excluding carboxylic acids is 1. The molecule has 0 atom stereocenters. The van der Waals surface area contributed by atoms with E-state index in [1.165, 1.54) is 31.7 Å². The molecule has 1 saturated carbocycles. The Morgan fingerprint density at radius 2 is 2.06 bits per heavy atom. The summed E-state index contributed by atoms with van der Waals surface area (Å²) < 4.78 is 13.5. The van der Waals surface area contributed by atoms with E-state index < -0.39 is 0 Å². The van der Waals surface area contributed by atoms with Gasteiger partial charge in [-0.25, -0.2) is 4.39 Å². The van der Waals surface area contributed by atoms with Crippen LogP contribution < -0.4 is 0 Å². The van der Waals surface area contributed by atoms with Gasteiger partial charge < -0.3 is 0 Å². The zero-order chi connectivity index (χ0) is 13.0. The monoisotopic (exact) mass is 268 g/mol. The van der Waals surface area contributed by atoms with Gasteiger partial charge in [-0.1, -0.05) is 43.4 Å². The molecule has 0 unspecified atom stereocenters. The highest BCUT2D eigenvalue weighted by Crippen LogP contribution is 2.28. The van der Waals surface area contributed by atoms with Crippen molar-refractivity contribution in [2.24, 2.45) is 5.92 Å². The number of benzene rings is 1. The van der Waals surface area contributed by atoms with Gasteiger partial charge in [-0.05, 0) is 30.0 Å². The third-order valence-electron chi connectivity index (χ3n) is 3.71. The van der Waals surface area contributed by atoms with Crippen molar-refractivity contribution < 1.29 is 9.18 Å². The van der Waals surface area contributed by atoms with Gasteiger partial charge in [0.1, 0.15) is 11.6 Å². The Morgan fingerprint density at radius 3 is 2.72 bits per heavy atom. The lowest BCUT2D eigenvalue weighted by Gasteiger charge is -2.08. The summed E-state index contributed by atoms with van der Waals surface area (Å²) in [6.07, 6.45) is 6.83. The van der Waals surface area contributed by atoms with Crippen molar-refractivity contribution >= 4 is 17.4 Å². The third-order valence-corrected chi connectivity index (χ3v) is 3.94. The Labute approximate surface area is 112 Å². The van der Waals surface area contributed by atoms with E-state index >= 15 is 0 Å². The minimum Gasteiger partial charge on any atom is -0.299 e. The molecule has 0 amide bonds. The Bertz CT molecular complexity index is 425. The lowest BCUT2D eigenvalue weighted by atomic mass is 9.97. The van der Waals surface area contributed by atoms with Gasteiger partial charge in [0.2, 0.25) is 0 Å². The molecule has 1 fully saturated rings. The summed E-state index contributed by atoms with van der Waals surface area (Å²) >= 11 is 5.68. The molecule has 0 aromatic heterocycles. The van der Waals surface area contributed by atoms with Crippen molar-refractivity contribution in [3.05, 3.63) is 34.6 Å². The molecule has 0 bridgehead atoms. The maximum absolute atomic E-state index is 13.5. The van der Waals surface area contributed by atoms with Crippen molar-refractivity contribution in [3.8, 4) is 0 Å². The lowest BCUT2D eigenvalue weighted by Crippen LogP contribution is -2.06. The average Bonchev–Trinajstić information content (AvgIpc) is 2.83. The second kappa shape index (κ2) is 6.33. The molecule has 0 aliphatic heterocycles. The van der Waals surface area contributed by atoms with Gasteiger partial charge in [0.15, 0.2) is 0 Å². The summed E-state index contributed by atoms with van der Waals surface area (Å²) in [4.78, 5) is 11.8. The molecule has 0 spiro atoms. The average molecular weight is 269 g/mol. The molecule has 3 heteroatoms. The van der Waals surface area contributed by atoms with Crippen LogP contribution in [-0.2, 0) is 11.2 Å². The molecule has 0 heterocycles. The van der Waals surface area contributed by atoms with Gasteiger partial charge >= 0.3 is 0 Å². The first-order valence-electron chi connectivity index (χ1n) is 6.61. The van der Waals surface area contributed by atoms with Crippen molar-refractivity contribution in [3.63, 3.8) is 0 Å². The Kier molecular flexibility index (Phi) is 4.76. The van der Waals surface area contributed by atoms with Crippen LogP contribution in [0.2, 0.25) is 5.02 Å². The number of halogens is 2. The molecule has 1 nitrogen and oxygen atoms in total. The van der Waals surface area contributed by atoms with Crippen LogP contribution in [0.25, 0.3) is 0 Å². The second-order valence-corrected chi connectivity index (χ2v) is 5.58. The normalized spacial score (nSPS) is 16.1. The van der Waals surface area contributed by atoms with Gasteiger partial charge in [0.05, 0.1) is 0 Å². The highest BCUT2D eigenvalue weighted by molar-refractivity contribution is 6.30. The molecule has 2 rings (SSSR count). The fourth-order valence-corrected chi connectivity index (χ4v) is 2.79. The van der Waals surface area contributed by atoms with Crippen LogP contribution in [0.3, 0.4) is 0 Å². The molecule has 0 N–H and O–H groups in total. The minimum atomic E-state index is -0.378. The Morgan fingerprint density at radius 1 is 1.33 bits per heavy atom. The summed E-state index contributed by atoms with van der Waals surface area (Å²) in [5.41, 5.74) is 0.454. The zero-order valence-electron chi connectivity index (χ0n) is 10.4. The minimum absolute atomic E-state index is 0.128. The van der Waals surface area contributed by atoms with Crippen molar-refractivity contribution in [2.75, 3.05) is 0 Å². The van der Waals surface area contributed by atoms with E-state index in [4.69, 9.17) is 11.6 Å². The summed E-state index contributed by atoms with van der Waals surface area (Å²) in [5.74, 6) is 0.462. The predicted octanol–water partition coefficient (Wildman–Crippen LogP) is 4.56. The van der Waals surface area contributed by atoms with E-state index in [0.717, 1.165) is 6.42 Å². The Hall–Kier alpha value is -0.890. The van der Waals surface area contributed by atoms with Crippen molar-refractivity contribution in [1.82, 2.24) is 0 Å². The van der Waals surface area contributed by atoms with Crippen LogP contribution in [0.15, 0.2) is 18.2 Å². The quantitative estimate of drug-likeness (QED) is 0.765. The first-order valence-corrected chi connectivity index (χ1v) is 6.98. The third kappa shape index (κ3) is 3.81. The second-order valence-electron chi connectivity index (χ2n) is 5.14. The molecular formula is C15H18ClFO. The van der Waals surface area contributed by atoms with Crippen LogP contribution in [0, 0.1) is 11.7 Å². The fraction of sp³-hybridized carbons (Fsp3) is 0.533. The molecule has 1 aliphatic carbocycles. The van der Waals surface area contributed by atoms with E-state index in [2.05, 4.69) is 0 Å². The highest BCUT2D eigenvalue weighted by atomic mass is 35.5. The topological polar surface area (TPSA) is 17.1 Å². The van der Waals surface area contributed by atoms with E-state index in [1.807, 2.05) is 0 Å². The van der Waals surface area contributed by atoms with Crippen LogP contribution in [0.1, 0.15) is 44.1 Å². The van der Waals surface area contributed by atoms with Gasteiger partial charge in [-0.3, -0.25) is 4.79 Å². The van der Waals surface area contributed by atoms with Gasteiger partial charge in [0.25, 0.3) is 0 Å². The molecule has 0 radical (unpaired) electrons. The van der Waals surface area contributed by atoms with Crippen molar-refractivity contribution in [2.45, 2.75) is 44.9 Å². The van der Waals surface area contributed by atoms with Crippen LogP contribution >= 0.6 is 11.6 Å². The number of hydrogen-bond donors (Lipinski definition) is 0. The first-order chi connectivity index (χ1) is 8.65. The molecule has 0 saturated heterocycles. The molecule has 1 aliphatic rings. The van der Waals surface area contributed by atoms with Gasteiger partial charge in [-0.2, -0.15) is 0 Å². The molecule has 18 heavy (non-hydrogen) atoms. The molecular weight excluding hydrogens is 251 g/mol. The van der Waals surface area contributed by atoms with E-state index in [-0.39, 0.29) is 18.0 Å². The van der Waals surface area contributed by atoms with Gasteiger partial charge in [-0.15, -0.1) is 0 Å². The van der Waals surface area contributed by atoms with Crippen LogP contribution in [0.4, 0.5) is 4.39 Å². The number of rotatable bonds is 5. The summed E-state index contributed by atoms with van der Waals surface area (Å²) in [6, 6.07) is 4.50.